The fourth-order valence-electron chi connectivity index (χ4n) is 1.73. The predicted molar refractivity (Wildman–Crippen MR) is 50.3 cm³/mol. The molecule has 1 aromatic heterocycles. The van der Waals surface area contributed by atoms with Crippen molar-refractivity contribution in [2.24, 2.45) is 0 Å². The number of hydrogen-bond acceptors (Lipinski definition) is 4. The Hall–Kier alpha value is -1.34. The zero-order chi connectivity index (χ0) is 11.3. The highest BCUT2D eigenvalue weighted by atomic mass is 16.6. The number of aromatic nitrogens is 3. The summed E-state index contributed by atoms with van der Waals surface area (Å²) in [5.74, 6) is 0. The summed E-state index contributed by atoms with van der Waals surface area (Å²) in [5, 5.41) is 9.77. The first-order valence-corrected chi connectivity index (χ1v) is 5.32. The molecule has 2 aliphatic heterocycles. The fourth-order valence-corrected chi connectivity index (χ4v) is 1.73. The van der Waals surface area contributed by atoms with Crippen LogP contribution in [0.5, 0.6) is 0 Å². The molecule has 0 aliphatic carbocycles. The summed E-state index contributed by atoms with van der Waals surface area (Å²) in [6.07, 6.45) is 0.210. The maximum Gasteiger partial charge on any atom is 0.400 e. The van der Waals surface area contributed by atoms with Crippen molar-refractivity contribution in [3.05, 3.63) is 16.0 Å². The van der Waals surface area contributed by atoms with E-state index in [9.17, 15) is 10.0 Å². The molecule has 7 nitrogen and oxygen atoms in total. The molecule has 88 valence electrons. The van der Waals surface area contributed by atoms with Gasteiger partial charge in [-0.1, -0.05) is 0 Å². The molecule has 0 spiro atoms. The zero-order valence-corrected chi connectivity index (χ0v) is 9.00. The van der Waals surface area contributed by atoms with Crippen LogP contribution >= 0.6 is 0 Å². The average molecular weight is 228 g/mol. The Morgan fingerprint density at radius 1 is 1.38 bits per heavy atom. The zero-order valence-electron chi connectivity index (χ0n) is 9.00. The van der Waals surface area contributed by atoms with Crippen molar-refractivity contribution in [2.75, 3.05) is 13.2 Å². The Morgan fingerprint density at radius 2 is 1.94 bits per heavy atom. The standard InChI is InChI=1S/C9H14N3O4/c1-6-9(13)10(2-7-4-15-7)11(12(6)14)3-8-5-16-8/h7-8,14H,2-5H2,1H3/q+1. The molecule has 16 heavy (non-hydrogen) atoms. The molecule has 7 heteroatoms. The molecule has 2 atom stereocenters. The molecule has 0 bridgehead atoms. The second kappa shape index (κ2) is 3.33. The van der Waals surface area contributed by atoms with Gasteiger partial charge in [0.2, 0.25) is 0 Å². The smallest absolute Gasteiger partial charge is 0.371 e. The first kappa shape index (κ1) is 9.86. The average Bonchev–Trinajstić information content (AvgIpc) is 3.12. The van der Waals surface area contributed by atoms with Gasteiger partial charge >= 0.3 is 5.56 Å². The van der Waals surface area contributed by atoms with Gasteiger partial charge in [-0.15, -0.1) is 4.68 Å². The van der Waals surface area contributed by atoms with E-state index >= 15 is 0 Å². The van der Waals surface area contributed by atoms with E-state index in [1.807, 2.05) is 0 Å². The van der Waals surface area contributed by atoms with Crippen molar-refractivity contribution in [3.8, 4) is 0 Å². The van der Waals surface area contributed by atoms with Crippen LogP contribution in [0.25, 0.3) is 0 Å². The largest absolute Gasteiger partial charge is 0.400 e. The van der Waals surface area contributed by atoms with E-state index in [4.69, 9.17) is 9.47 Å². The normalized spacial score (nSPS) is 27.1. The topological polar surface area (TPSA) is 76.1 Å². The molecule has 3 rings (SSSR count). The second-order valence-electron chi connectivity index (χ2n) is 4.23. The van der Waals surface area contributed by atoms with E-state index in [0.717, 1.165) is 4.85 Å². The molecule has 1 N–H and O–H groups in total. The van der Waals surface area contributed by atoms with Crippen LogP contribution in [0.2, 0.25) is 0 Å². The molecule has 0 aromatic carbocycles. The van der Waals surface area contributed by atoms with Gasteiger partial charge in [-0.2, -0.15) is 0 Å². The quantitative estimate of drug-likeness (QED) is 0.378. The third kappa shape index (κ3) is 1.61. The van der Waals surface area contributed by atoms with Crippen LogP contribution in [0.15, 0.2) is 4.79 Å². The van der Waals surface area contributed by atoms with Crippen LogP contribution in [-0.2, 0) is 22.6 Å². The number of nitrogens with zero attached hydrogens (tertiary/aromatic N) is 3. The van der Waals surface area contributed by atoms with Crippen molar-refractivity contribution < 1.29 is 19.5 Å². The third-order valence-electron chi connectivity index (χ3n) is 2.89. The molecule has 2 saturated heterocycles. The highest BCUT2D eigenvalue weighted by Crippen LogP contribution is 2.13. The highest BCUT2D eigenvalue weighted by molar-refractivity contribution is 4.85. The van der Waals surface area contributed by atoms with E-state index < -0.39 is 0 Å². The minimum Gasteiger partial charge on any atom is -0.371 e. The van der Waals surface area contributed by atoms with Gasteiger partial charge in [0.1, 0.15) is 25.3 Å². The van der Waals surface area contributed by atoms with Crippen LogP contribution in [-0.4, -0.2) is 40.1 Å². The minimum atomic E-state index is -0.182. The minimum absolute atomic E-state index is 0.103. The number of ether oxygens (including phenoxy) is 2. The van der Waals surface area contributed by atoms with Gasteiger partial charge in [0.05, 0.1) is 13.2 Å². The summed E-state index contributed by atoms with van der Waals surface area (Å²) in [6.45, 7) is 3.94. The lowest BCUT2D eigenvalue weighted by Gasteiger charge is -2.00. The van der Waals surface area contributed by atoms with Crippen molar-refractivity contribution in [2.45, 2.75) is 32.2 Å². The van der Waals surface area contributed by atoms with Crippen LogP contribution in [0.1, 0.15) is 5.69 Å². The summed E-state index contributed by atoms with van der Waals surface area (Å²) in [7, 11) is 0. The van der Waals surface area contributed by atoms with E-state index in [1.54, 1.807) is 6.92 Å². The van der Waals surface area contributed by atoms with Crippen LogP contribution in [0.3, 0.4) is 0 Å². The fraction of sp³-hybridized carbons (Fsp3) is 0.778. The van der Waals surface area contributed by atoms with Gasteiger partial charge in [0, 0.05) is 11.8 Å². The molecule has 2 aliphatic rings. The maximum absolute atomic E-state index is 11.8. The third-order valence-corrected chi connectivity index (χ3v) is 2.89. The Morgan fingerprint density at radius 3 is 2.50 bits per heavy atom. The summed E-state index contributed by atoms with van der Waals surface area (Å²) >= 11 is 0. The molecule has 0 radical (unpaired) electrons. The summed E-state index contributed by atoms with van der Waals surface area (Å²) in [6, 6.07) is 0. The van der Waals surface area contributed by atoms with Gasteiger partial charge in [-0.05, 0) is 4.80 Å². The molecule has 0 saturated carbocycles. The highest BCUT2D eigenvalue weighted by Gasteiger charge is 2.35. The van der Waals surface area contributed by atoms with E-state index in [-0.39, 0.29) is 17.8 Å². The van der Waals surface area contributed by atoms with E-state index in [1.165, 1.54) is 9.48 Å². The SMILES string of the molecule is Cc1c(=O)n(CC2CO2)n(CC2CO2)[n+]1O. The summed E-state index contributed by atoms with van der Waals surface area (Å²) in [5.41, 5.74) is 0.125. The van der Waals surface area contributed by atoms with E-state index in [2.05, 4.69) is 0 Å². The lowest BCUT2D eigenvalue weighted by Crippen LogP contribution is -2.46. The molecule has 2 unspecified atom stereocenters. The van der Waals surface area contributed by atoms with Gasteiger partial charge in [-0.25, -0.2) is 4.79 Å². The maximum atomic E-state index is 11.8. The Bertz CT molecular complexity index is 470. The van der Waals surface area contributed by atoms with Crippen molar-refractivity contribution in [1.29, 1.82) is 0 Å². The van der Waals surface area contributed by atoms with E-state index in [0.29, 0.717) is 32.0 Å². The van der Waals surface area contributed by atoms with Gasteiger partial charge in [0.15, 0.2) is 0 Å². The number of epoxide rings is 2. The van der Waals surface area contributed by atoms with Gasteiger partial charge < -0.3 is 14.7 Å². The van der Waals surface area contributed by atoms with Crippen LogP contribution in [0, 0.1) is 6.92 Å². The van der Waals surface area contributed by atoms with Crippen molar-refractivity contribution in [1.82, 2.24) is 9.48 Å². The number of hydrogen-bond donors (Lipinski definition) is 1. The molecule has 3 heterocycles. The van der Waals surface area contributed by atoms with Crippen molar-refractivity contribution >= 4 is 0 Å². The molecular weight excluding hydrogens is 214 g/mol. The number of rotatable bonds is 4. The Balaban J connectivity index is 1.96. The molecular formula is C9H14N3O4+. The molecule has 0 amide bonds. The lowest BCUT2D eigenvalue weighted by atomic mass is 10.4. The summed E-state index contributed by atoms with van der Waals surface area (Å²) in [4.78, 5) is 14.2. The molecule has 1 aromatic rings. The van der Waals surface area contributed by atoms with Crippen LogP contribution in [0.4, 0.5) is 0 Å². The summed E-state index contributed by atoms with van der Waals surface area (Å²) < 4.78 is 11.7. The molecule has 2 fully saturated rings. The van der Waals surface area contributed by atoms with Gasteiger partial charge in [0.25, 0.3) is 5.69 Å². The first-order valence-electron chi connectivity index (χ1n) is 5.32. The monoisotopic (exact) mass is 228 g/mol. The van der Waals surface area contributed by atoms with Gasteiger partial charge in [-0.3, -0.25) is 0 Å². The van der Waals surface area contributed by atoms with Crippen molar-refractivity contribution in [3.63, 3.8) is 0 Å². The Labute approximate surface area is 91.3 Å². The lowest BCUT2D eigenvalue weighted by molar-refractivity contribution is -0.972. The second-order valence-corrected chi connectivity index (χ2v) is 4.23. The first-order chi connectivity index (χ1) is 7.66. The predicted octanol–water partition coefficient (Wildman–Crippen LogP) is -1.72. The van der Waals surface area contributed by atoms with Crippen LogP contribution < -0.4 is 10.4 Å². The Kier molecular flexibility index (Phi) is 2.05.